The fraction of sp³-hybridized carbons (Fsp3) is 0.478. The van der Waals surface area contributed by atoms with Gasteiger partial charge in [0.05, 0.1) is 0 Å². The molecule has 0 bridgehead atoms. The Balaban J connectivity index is 2.52. The first-order chi connectivity index (χ1) is 11.0. The van der Waals surface area contributed by atoms with E-state index >= 15 is 0 Å². The van der Waals surface area contributed by atoms with Gasteiger partial charge in [0.1, 0.15) is 0 Å². The molecule has 3 rings (SSSR count). The van der Waals surface area contributed by atoms with Crippen LogP contribution in [0.5, 0.6) is 0 Å². The van der Waals surface area contributed by atoms with Crippen molar-refractivity contribution in [3.05, 3.63) is 45.0 Å². The van der Waals surface area contributed by atoms with E-state index in [0.29, 0.717) is 5.41 Å². The Morgan fingerprint density at radius 2 is 1.29 bits per heavy atom. The molecule has 0 aliphatic heterocycles. The summed E-state index contributed by atoms with van der Waals surface area (Å²) in [5.74, 6) is 0. The number of hydrogen-bond donors (Lipinski definition) is 0. The van der Waals surface area contributed by atoms with E-state index in [2.05, 4.69) is 68.4 Å². The summed E-state index contributed by atoms with van der Waals surface area (Å²) < 4.78 is 2.98. The first kappa shape index (κ1) is 17.5. The summed E-state index contributed by atoms with van der Waals surface area (Å²) in [5, 5.41) is 3.01. The zero-order valence-electron chi connectivity index (χ0n) is 16.7. The van der Waals surface area contributed by atoms with Crippen LogP contribution in [-0.2, 0) is 6.42 Å². The molecule has 2 aromatic carbocycles. The molecule has 0 aliphatic rings. The van der Waals surface area contributed by atoms with Gasteiger partial charge < -0.3 is 0 Å². The van der Waals surface area contributed by atoms with Crippen LogP contribution in [0, 0.1) is 47.0 Å². The molecule has 0 saturated carbocycles. The third-order valence-corrected chi connectivity index (χ3v) is 6.99. The lowest BCUT2D eigenvalue weighted by atomic mass is 9.82. The topological polar surface area (TPSA) is 0 Å². The average molecular weight is 339 g/mol. The molecule has 128 valence electrons. The van der Waals surface area contributed by atoms with Crippen LogP contribution in [0.4, 0.5) is 0 Å². The van der Waals surface area contributed by atoms with Crippen molar-refractivity contribution in [2.45, 2.75) is 68.7 Å². The Morgan fingerprint density at radius 3 is 1.88 bits per heavy atom. The van der Waals surface area contributed by atoms with Crippen molar-refractivity contribution in [1.29, 1.82) is 0 Å². The molecule has 1 heterocycles. The van der Waals surface area contributed by atoms with E-state index < -0.39 is 0 Å². The summed E-state index contributed by atoms with van der Waals surface area (Å²) in [6.45, 7) is 20.8. The van der Waals surface area contributed by atoms with Crippen LogP contribution in [0.3, 0.4) is 0 Å². The molecule has 0 radical (unpaired) electrons. The molecule has 0 spiro atoms. The highest BCUT2D eigenvalue weighted by atomic mass is 32.1. The highest BCUT2D eigenvalue weighted by molar-refractivity contribution is 7.26. The summed E-state index contributed by atoms with van der Waals surface area (Å²) >= 11 is 2.00. The second-order valence-electron chi connectivity index (χ2n) is 8.74. The Hall–Kier alpha value is -1.34. The molecule has 0 aliphatic carbocycles. The predicted molar refractivity (Wildman–Crippen MR) is 111 cm³/mol. The number of aryl methyl sites for hydroxylation is 5. The number of hydrogen-bond acceptors (Lipinski definition) is 1. The second kappa shape index (κ2) is 5.59. The monoisotopic (exact) mass is 338 g/mol. The molecule has 1 heteroatoms. The van der Waals surface area contributed by atoms with Crippen molar-refractivity contribution < 1.29 is 0 Å². The Bertz CT molecular complexity index is 962. The normalized spacial score (nSPS) is 12.5. The minimum absolute atomic E-state index is 0.309. The van der Waals surface area contributed by atoms with Crippen molar-refractivity contribution >= 4 is 31.5 Å². The van der Waals surface area contributed by atoms with Gasteiger partial charge in [-0.15, -0.1) is 11.3 Å². The molecular weight excluding hydrogens is 308 g/mol. The van der Waals surface area contributed by atoms with E-state index in [9.17, 15) is 0 Å². The van der Waals surface area contributed by atoms with Crippen molar-refractivity contribution in [2.24, 2.45) is 5.41 Å². The molecule has 0 amide bonds. The Morgan fingerprint density at radius 1 is 0.708 bits per heavy atom. The third-order valence-electron chi connectivity index (χ3n) is 5.56. The van der Waals surface area contributed by atoms with Gasteiger partial charge >= 0.3 is 0 Å². The second-order valence-corrected chi connectivity index (χ2v) is 9.76. The number of rotatable bonds is 1. The lowest BCUT2D eigenvalue weighted by Crippen LogP contribution is -2.12. The van der Waals surface area contributed by atoms with Gasteiger partial charge in [-0.1, -0.05) is 26.8 Å². The lowest BCUT2D eigenvalue weighted by Gasteiger charge is -2.23. The molecule has 1 aromatic heterocycles. The standard InChI is InChI=1S/C23H30S/c1-12-10-13(2)19-20-17(6)18(11-23(7,8)9)15(4)16(5)22(20)24-21(19)14(12)3/h10H,11H2,1-9H3. The molecule has 0 atom stereocenters. The molecule has 0 unspecified atom stereocenters. The van der Waals surface area contributed by atoms with Crippen molar-refractivity contribution in [3.8, 4) is 0 Å². The quantitative estimate of drug-likeness (QED) is 0.431. The summed E-state index contributed by atoms with van der Waals surface area (Å²) in [4.78, 5) is 0. The van der Waals surface area contributed by atoms with Crippen molar-refractivity contribution in [2.75, 3.05) is 0 Å². The zero-order chi connectivity index (χ0) is 18.0. The maximum Gasteiger partial charge on any atom is 0.0390 e. The van der Waals surface area contributed by atoms with E-state index in [-0.39, 0.29) is 0 Å². The van der Waals surface area contributed by atoms with E-state index in [1.165, 1.54) is 53.6 Å². The SMILES string of the molecule is Cc1cc(C)c2c(sc3c(C)c(C)c(CC(C)(C)C)c(C)c32)c1C. The van der Waals surface area contributed by atoms with Crippen LogP contribution in [-0.4, -0.2) is 0 Å². The number of benzene rings is 2. The maximum atomic E-state index is 2.36. The minimum atomic E-state index is 0.309. The summed E-state index contributed by atoms with van der Waals surface area (Å²) in [6.07, 6.45) is 1.14. The highest BCUT2D eigenvalue weighted by Gasteiger charge is 2.22. The van der Waals surface area contributed by atoms with Gasteiger partial charge in [-0.2, -0.15) is 0 Å². The van der Waals surface area contributed by atoms with Crippen LogP contribution in [0.1, 0.15) is 59.7 Å². The molecule has 0 nitrogen and oxygen atoms in total. The molecular formula is C23H30S. The average Bonchev–Trinajstić information content (AvgIpc) is 2.87. The predicted octanol–water partition coefficient (Wildman–Crippen LogP) is 7.49. The van der Waals surface area contributed by atoms with Crippen LogP contribution in [0.15, 0.2) is 6.07 Å². The van der Waals surface area contributed by atoms with Gasteiger partial charge in [-0.25, -0.2) is 0 Å². The van der Waals surface area contributed by atoms with E-state index in [1.54, 1.807) is 5.56 Å². The van der Waals surface area contributed by atoms with Gasteiger partial charge in [-0.05, 0) is 92.3 Å². The summed E-state index contributed by atoms with van der Waals surface area (Å²) in [7, 11) is 0. The highest BCUT2D eigenvalue weighted by Crippen LogP contribution is 2.44. The summed E-state index contributed by atoms with van der Waals surface area (Å²) in [6, 6.07) is 2.36. The fourth-order valence-corrected chi connectivity index (χ4v) is 5.55. The zero-order valence-corrected chi connectivity index (χ0v) is 17.5. The van der Waals surface area contributed by atoms with Gasteiger partial charge in [0.15, 0.2) is 0 Å². The van der Waals surface area contributed by atoms with Crippen LogP contribution < -0.4 is 0 Å². The maximum absolute atomic E-state index is 2.36. The first-order valence-corrected chi connectivity index (χ1v) is 9.76. The molecule has 24 heavy (non-hydrogen) atoms. The lowest BCUT2D eigenvalue weighted by molar-refractivity contribution is 0.409. The van der Waals surface area contributed by atoms with Gasteiger partial charge in [0, 0.05) is 20.2 Å². The fourth-order valence-electron chi connectivity index (χ4n) is 4.00. The molecule has 3 aromatic rings. The van der Waals surface area contributed by atoms with E-state index in [1.807, 2.05) is 11.3 Å². The van der Waals surface area contributed by atoms with Gasteiger partial charge in [0.25, 0.3) is 0 Å². The Labute approximate surface area is 150 Å². The Kier molecular flexibility index (Phi) is 4.07. The molecule has 0 saturated heterocycles. The first-order valence-electron chi connectivity index (χ1n) is 8.94. The number of fused-ring (bicyclic) bond motifs is 3. The van der Waals surface area contributed by atoms with Crippen LogP contribution in [0.25, 0.3) is 20.2 Å². The minimum Gasteiger partial charge on any atom is -0.135 e. The summed E-state index contributed by atoms with van der Waals surface area (Å²) in [5.41, 5.74) is 10.6. The van der Waals surface area contributed by atoms with Gasteiger partial charge in [-0.3, -0.25) is 0 Å². The molecule has 0 N–H and O–H groups in total. The molecule has 0 fully saturated rings. The third kappa shape index (κ3) is 2.58. The van der Waals surface area contributed by atoms with Crippen LogP contribution >= 0.6 is 11.3 Å². The number of thiophene rings is 1. The van der Waals surface area contributed by atoms with E-state index in [4.69, 9.17) is 0 Å². The van der Waals surface area contributed by atoms with Crippen molar-refractivity contribution in [1.82, 2.24) is 0 Å². The van der Waals surface area contributed by atoms with E-state index in [0.717, 1.165) is 6.42 Å². The van der Waals surface area contributed by atoms with Crippen molar-refractivity contribution in [3.63, 3.8) is 0 Å². The van der Waals surface area contributed by atoms with Crippen LogP contribution in [0.2, 0.25) is 0 Å². The smallest absolute Gasteiger partial charge is 0.0390 e. The largest absolute Gasteiger partial charge is 0.135 e. The van der Waals surface area contributed by atoms with Gasteiger partial charge in [0.2, 0.25) is 0 Å².